The van der Waals surface area contributed by atoms with E-state index in [1.54, 1.807) is 24.4 Å². The number of nitrogens with one attached hydrogen (secondary N) is 1. The summed E-state index contributed by atoms with van der Waals surface area (Å²) < 4.78 is 68.1. The van der Waals surface area contributed by atoms with Crippen LogP contribution in [0.1, 0.15) is 18.4 Å². The maximum absolute atomic E-state index is 12.9. The standard InChI is InChI=1S/C19H20F3N3O3S2.C2HF3O2/c20-19(21,22)16(26)12-29-7-2-4-15(23)18(28)25(14-3-1-6-24-10-14)17(27)9-13-5-8-30-11-13;3-2(4,5)1(6)7/h1,3,5-6,8,10-11,15H,2,4,7,9,12,23H2;(H,6,7)/t15-;/m0./s1. The number of carbonyl (C=O) groups excluding carboxylic acids is 4. The number of thioether (sulfide) groups is 1. The average molecular weight is 574 g/mol. The zero-order chi connectivity index (χ0) is 28.2. The summed E-state index contributed by atoms with van der Waals surface area (Å²) in [5.41, 5.74) is 7.10. The first-order valence-electron chi connectivity index (χ1n) is 10.2. The summed E-state index contributed by atoms with van der Waals surface area (Å²) in [4.78, 5) is 49.2. The van der Waals surface area contributed by atoms with Crippen molar-refractivity contribution >= 4 is 52.4 Å². The third kappa shape index (κ3) is 11.7. The first kappa shape index (κ1) is 32.0. The topological polar surface area (TPSA) is 135 Å². The van der Waals surface area contributed by atoms with E-state index in [1.165, 1.54) is 17.5 Å². The van der Waals surface area contributed by atoms with E-state index < -0.39 is 47.7 Å². The van der Waals surface area contributed by atoms with Crippen LogP contribution in [-0.2, 0) is 25.6 Å². The Morgan fingerprint density at radius 2 is 1.76 bits per heavy atom. The van der Waals surface area contributed by atoms with Gasteiger partial charge in [0.05, 0.1) is 18.2 Å². The van der Waals surface area contributed by atoms with E-state index in [1.807, 2.05) is 10.8 Å². The van der Waals surface area contributed by atoms with Gasteiger partial charge in [0, 0.05) is 6.07 Å². The number of aromatic amines is 1. The van der Waals surface area contributed by atoms with Crippen LogP contribution in [0, 0.1) is 0 Å². The number of aromatic nitrogens is 1. The van der Waals surface area contributed by atoms with Gasteiger partial charge in [-0.2, -0.15) is 49.4 Å². The molecule has 1 atom stereocenters. The number of pyridine rings is 1. The van der Waals surface area contributed by atoms with Gasteiger partial charge in [-0.25, -0.2) is 9.88 Å². The van der Waals surface area contributed by atoms with E-state index in [2.05, 4.69) is 4.98 Å². The number of rotatable bonds is 10. The van der Waals surface area contributed by atoms with E-state index in [-0.39, 0.29) is 18.6 Å². The lowest BCUT2D eigenvalue weighted by molar-refractivity contribution is -0.377. The summed E-state index contributed by atoms with van der Waals surface area (Å²) in [6.45, 7) is 0. The molecule has 0 aliphatic carbocycles. The summed E-state index contributed by atoms with van der Waals surface area (Å²) in [6.07, 6.45) is -6.35. The second-order valence-corrected chi connectivity index (χ2v) is 9.03. The van der Waals surface area contributed by atoms with Crippen LogP contribution in [0.5, 0.6) is 0 Å². The number of carboxylic acids is 1. The van der Waals surface area contributed by atoms with Crippen molar-refractivity contribution < 1.29 is 55.6 Å². The van der Waals surface area contributed by atoms with Gasteiger partial charge in [0.2, 0.25) is 11.7 Å². The van der Waals surface area contributed by atoms with Gasteiger partial charge < -0.3 is 15.6 Å². The van der Waals surface area contributed by atoms with Crippen molar-refractivity contribution in [3.8, 4) is 0 Å². The number of ketones is 1. The number of imide groups is 1. The minimum absolute atomic E-state index is 0.0340. The molecule has 0 aliphatic heterocycles. The molecule has 0 spiro atoms. The Morgan fingerprint density at radius 1 is 1.11 bits per heavy atom. The number of hydrogen-bond acceptors (Lipinski definition) is 8. The third-order valence-corrected chi connectivity index (χ3v) is 6.03. The summed E-state index contributed by atoms with van der Waals surface area (Å²) in [5.74, 6) is -6.25. The fourth-order valence-electron chi connectivity index (χ4n) is 2.51. The Balaban J connectivity index is 0.000000856. The molecule has 37 heavy (non-hydrogen) atoms. The molecule has 16 heteroatoms. The molecule has 0 fully saturated rings. The van der Waals surface area contributed by atoms with E-state index in [4.69, 9.17) is 15.6 Å². The van der Waals surface area contributed by atoms with Gasteiger partial charge in [0.15, 0.2) is 12.4 Å². The van der Waals surface area contributed by atoms with Gasteiger partial charge in [-0.15, -0.1) is 0 Å². The number of halogens is 6. The van der Waals surface area contributed by atoms with Crippen molar-refractivity contribution in [2.24, 2.45) is 5.73 Å². The summed E-state index contributed by atoms with van der Waals surface area (Å²) >= 11 is 2.27. The molecular formula is C21H21F6N3O5S2. The number of H-pyrrole nitrogens is 1. The fourth-order valence-corrected chi connectivity index (χ4v) is 4.04. The van der Waals surface area contributed by atoms with E-state index >= 15 is 0 Å². The molecule has 0 saturated heterocycles. The number of thiophene rings is 1. The molecular weight excluding hydrogens is 552 g/mol. The minimum Gasteiger partial charge on any atom is -0.542 e. The highest BCUT2D eigenvalue weighted by Gasteiger charge is 2.37. The number of nitrogens with two attached hydrogens (primary N) is 1. The number of carboxylic acid groups (broad SMARTS) is 1. The van der Waals surface area contributed by atoms with Crippen LogP contribution in [0.15, 0.2) is 41.4 Å². The number of Topliss-reactive ketones (excluding diaryl/α,β-unsaturated/α-hetero) is 1. The minimum atomic E-state index is -5.19. The first-order valence-corrected chi connectivity index (χ1v) is 12.3. The largest absolute Gasteiger partial charge is 0.542 e. The molecule has 2 aromatic rings. The average Bonchev–Trinajstić information content (AvgIpc) is 3.31. The van der Waals surface area contributed by atoms with Crippen LogP contribution in [0.2, 0.25) is 0 Å². The lowest BCUT2D eigenvalue weighted by atomic mass is 10.1. The van der Waals surface area contributed by atoms with Crippen molar-refractivity contribution in [3.05, 3.63) is 46.9 Å². The zero-order valence-electron chi connectivity index (χ0n) is 18.8. The SMILES string of the molecule is N[C@@H](CCCSCC(=O)C(F)(F)F)C(=O)N(C(=O)Cc1ccsc1)c1ccc[nH+]c1.O=C([O-])C(F)(F)F. The second-order valence-electron chi connectivity index (χ2n) is 7.14. The Morgan fingerprint density at radius 3 is 2.24 bits per heavy atom. The number of carbonyl (C=O) groups is 4. The van der Waals surface area contributed by atoms with Crippen LogP contribution >= 0.6 is 23.1 Å². The molecule has 0 unspecified atom stereocenters. The molecule has 0 aliphatic rings. The predicted octanol–water partition coefficient (Wildman–Crippen LogP) is 1.94. The predicted molar refractivity (Wildman–Crippen MR) is 120 cm³/mol. The smallest absolute Gasteiger partial charge is 0.450 e. The lowest BCUT2D eigenvalue weighted by Crippen LogP contribution is -2.48. The van der Waals surface area contributed by atoms with E-state index in [0.29, 0.717) is 12.1 Å². The quantitative estimate of drug-likeness (QED) is 0.339. The lowest BCUT2D eigenvalue weighted by Gasteiger charge is -2.23. The summed E-state index contributed by atoms with van der Waals surface area (Å²) in [6, 6.07) is 4.04. The Kier molecular flexibility index (Phi) is 12.7. The number of nitrogens with zero attached hydrogens (tertiary/aromatic N) is 1. The molecule has 0 radical (unpaired) electrons. The Bertz CT molecular complexity index is 1030. The van der Waals surface area contributed by atoms with Gasteiger partial charge in [-0.05, 0) is 47.1 Å². The van der Waals surface area contributed by atoms with Crippen LogP contribution in [0.3, 0.4) is 0 Å². The van der Waals surface area contributed by atoms with Crippen molar-refractivity contribution in [2.45, 2.75) is 37.7 Å². The molecule has 204 valence electrons. The van der Waals surface area contributed by atoms with Crippen molar-refractivity contribution in [3.63, 3.8) is 0 Å². The number of aliphatic carboxylic acids is 1. The third-order valence-electron chi connectivity index (χ3n) is 4.26. The monoisotopic (exact) mass is 573 g/mol. The molecule has 2 aromatic heterocycles. The van der Waals surface area contributed by atoms with Crippen molar-refractivity contribution in [1.82, 2.24) is 0 Å². The highest BCUT2D eigenvalue weighted by Crippen LogP contribution is 2.20. The van der Waals surface area contributed by atoms with Gasteiger partial charge in [-0.3, -0.25) is 14.4 Å². The maximum Gasteiger partial charge on any atom is 0.450 e. The van der Waals surface area contributed by atoms with Crippen LogP contribution < -0.4 is 20.7 Å². The van der Waals surface area contributed by atoms with Gasteiger partial charge >= 0.3 is 12.4 Å². The Labute approximate surface area is 214 Å². The van der Waals surface area contributed by atoms with Gasteiger partial charge in [0.1, 0.15) is 11.7 Å². The molecule has 0 saturated carbocycles. The molecule has 0 bridgehead atoms. The molecule has 0 aromatic carbocycles. The number of alkyl halides is 6. The zero-order valence-corrected chi connectivity index (χ0v) is 20.4. The van der Waals surface area contributed by atoms with Crippen molar-refractivity contribution in [2.75, 3.05) is 16.4 Å². The van der Waals surface area contributed by atoms with Crippen LogP contribution in [0.25, 0.3) is 0 Å². The first-order chi connectivity index (χ1) is 17.1. The van der Waals surface area contributed by atoms with E-state index in [0.717, 1.165) is 22.2 Å². The maximum atomic E-state index is 12.9. The number of anilines is 1. The second kappa shape index (κ2) is 14.7. The fraction of sp³-hybridized carbons (Fsp3) is 0.381. The van der Waals surface area contributed by atoms with Gasteiger partial charge in [-0.1, -0.05) is 0 Å². The molecule has 8 nitrogen and oxygen atoms in total. The number of amides is 2. The molecule has 2 rings (SSSR count). The molecule has 3 N–H and O–H groups in total. The molecule has 2 amide bonds. The molecule has 2 heterocycles. The van der Waals surface area contributed by atoms with Crippen LogP contribution in [0.4, 0.5) is 32.0 Å². The number of hydrogen-bond donors (Lipinski definition) is 1. The highest BCUT2D eigenvalue weighted by atomic mass is 32.2. The normalized spacial score (nSPS) is 12.2. The highest BCUT2D eigenvalue weighted by molar-refractivity contribution is 7.99. The summed E-state index contributed by atoms with van der Waals surface area (Å²) in [5, 5.41) is 12.4. The van der Waals surface area contributed by atoms with E-state index in [9.17, 15) is 40.7 Å². The Hall–Kier alpha value is -2.98. The van der Waals surface area contributed by atoms with Crippen LogP contribution in [-0.4, -0.2) is 53.5 Å². The summed E-state index contributed by atoms with van der Waals surface area (Å²) in [7, 11) is 0. The van der Waals surface area contributed by atoms with Gasteiger partial charge in [0.25, 0.3) is 5.91 Å². The van der Waals surface area contributed by atoms with Crippen molar-refractivity contribution in [1.29, 1.82) is 0 Å².